The lowest BCUT2D eigenvalue weighted by Crippen LogP contribution is -2.37. The lowest BCUT2D eigenvalue weighted by atomic mass is 9.96. The Bertz CT molecular complexity index is 197. The maximum absolute atomic E-state index is 6.09. The van der Waals surface area contributed by atoms with Gasteiger partial charge in [0.25, 0.3) is 0 Å². The molecule has 1 aliphatic carbocycles. The molecule has 0 radical (unpaired) electrons. The zero-order valence-corrected chi connectivity index (χ0v) is 10.3. The molecule has 0 aromatic carbocycles. The van der Waals surface area contributed by atoms with E-state index in [1.165, 1.54) is 38.5 Å². The molecule has 2 unspecified atom stereocenters. The van der Waals surface area contributed by atoms with Gasteiger partial charge in [-0.15, -0.1) is 0 Å². The van der Waals surface area contributed by atoms with Crippen LogP contribution in [0.2, 0.25) is 0 Å². The lowest BCUT2D eigenvalue weighted by molar-refractivity contribution is 0.177. The summed E-state index contributed by atoms with van der Waals surface area (Å²) in [5.41, 5.74) is 6.09. The van der Waals surface area contributed by atoms with Crippen LogP contribution in [0.15, 0.2) is 0 Å². The molecular weight excluding hydrogens is 184 g/mol. The summed E-state index contributed by atoms with van der Waals surface area (Å²) < 4.78 is 0. The van der Waals surface area contributed by atoms with Gasteiger partial charge in [0.15, 0.2) is 0 Å². The van der Waals surface area contributed by atoms with E-state index >= 15 is 0 Å². The summed E-state index contributed by atoms with van der Waals surface area (Å²) in [5, 5.41) is 0. The van der Waals surface area contributed by atoms with Crippen molar-refractivity contribution in [2.45, 2.75) is 70.5 Å². The molecule has 1 heterocycles. The highest BCUT2D eigenvalue weighted by atomic mass is 15.2. The maximum atomic E-state index is 6.09. The van der Waals surface area contributed by atoms with Crippen molar-refractivity contribution in [1.29, 1.82) is 0 Å². The Morgan fingerprint density at radius 2 is 1.93 bits per heavy atom. The predicted octanol–water partition coefficient (Wildman–Crippen LogP) is 2.38. The van der Waals surface area contributed by atoms with Gasteiger partial charge in [-0.25, -0.2) is 0 Å². The van der Waals surface area contributed by atoms with E-state index in [1.807, 2.05) is 0 Å². The van der Waals surface area contributed by atoms with Gasteiger partial charge in [-0.05, 0) is 32.6 Å². The van der Waals surface area contributed by atoms with Crippen LogP contribution < -0.4 is 5.73 Å². The third-order valence-electron chi connectivity index (χ3n) is 4.23. The van der Waals surface area contributed by atoms with Gasteiger partial charge in [-0.2, -0.15) is 0 Å². The second kappa shape index (κ2) is 4.84. The molecule has 2 nitrogen and oxygen atoms in total. The molecule has 2 aliphatic rings. The van der Waals surface area contributed by atoms with Gasteiger partial charge >= 0.3 is 0 Å². The van der Waals surface area contributed by atoms with Crippen molar-refractivity contribution in [3.8, 4) is 0 Å². The van der Waals surface area contributed by atoms with E-state index in [0.717, 1.165) is 18.5 Å². The van der Waals surface area contributed by atoms with Crippen LogP contribution in [0.1, 0.15) is 52.4 Å². The second-order valence-corrected chi connectivity index (χ2v) is 5.83. The Morgan fingerprint density at radius 3 is 2.53 bits per heavy atom. The molecule has 0 aromatic heterocycles. The highest BCUT2D eigenvalue weighted by molar-refractivity contribution is 4.90. The van der Waals surface area contributed by atoms with Crippen LogP contribution in [-0.2, 0) is 0 Å². The fourth-order valence-electron chi connectivity index (χ4n) is 3.47. The molecule has 0 bridgehead atoms. The Morgan fingerprint density at radius 1 is 1.27 bits per heavy atom. The molecule has 88 valence electrons. The minimum absolute atomic E-state index is 0.429. The van der Waals surface area contributed by atoms with Gasteiger partial charge < -0.3 is 5.73 Å². The molecular formula is C13H26N2. The highest BCUT2D eigenvalue weighted by Gasteiger charge is 2.33. The summed E-state index contributed by atoms with van der Waals surface area (Å²) in [4.78, 5) is 2.63. The fraction of sp³-hybridized carbons (Fsp3) is 1.00. The molecule has 2 fully saturated rings. The third-order valence-corrected chi connectivity index (χ3v) is 4.23. The Labute approximate surface area is 94.2 Å². The van der Waals surface area contributed by atoms with Gasteiger partial charge in [-0.3, -0.25) is 4.90 Å². The Kier molecular flexibility index (Phi) is 3.68. The molecule has 0 spiro atoms. The first kappa shape index (κ1) is 11.4. The molecule has 2 atom stereocenters. The summed E-state index contributed by atoms with van der Waals surface area (Å²) in [6.07, 6.45) is 8.51. The average Bonchev–Trinajstić information content (AvgIpc) is 2.75. The number of hydrogen-bond acceptors (Lipinski definition) is 2. The van der Waals surface area contributed by atoms with E-state index in [9.17, 15) is 0 Å². The Balaban J connectivity index is 1.88. The third kappa shape index (κ3) is 2.73. The minimum Gasteiger partial charge on any atom is -0.326 e. The number of hydrogen-bond donors (Lipinski definition) is 1. The number of rotatable bonds is 3. The van der Waals surface area contributed by atoms with Crippen molar-refractivity contribution in [1.82, 2.24) is 4.90 Å². The molecule has 1 saturated heterocycles. The average molecular weight is 210 g/mol. The van der Waals surface area contributed by atoms with Crippen LogP contribution in [0.4, 0.5) is 0 Å². The molecule has 0 aromatic rings. The van der Waals surface area contributed by atoms with Crippen LogP contribution in [0, 0.1) is 5.92 Å². The second-order valence-electron chi connectivity index (χ2n) is 5.83. The number of nitrogens with zero attached hydrogens (tertiary/aromatic N) is 1. The molecule has 2 rings (SSSR count). The van der Waals surface area contributed by atoms with Gasteiger partial charge in [0, 0.05) is 24.7 Å². The summed E-state index contributed by atoms with van der Waals surface area (Å²) >= 11 is 0. The minimum atomic E-state index is 0.429. The summed E-state index contributed by atoms with van der Waals surface area (Å²) in [5.74, 6) is 1.00. The van der Waals surface area contributed by atoms with Crippen LogP contribution in [-0.4, -0.2) is 29.6 Å². The van der Waals surface area contributed by atoms with Gasteiger partial charge in [0.2, 0.25) is 0 Å². The van der Waals surface area contributed by atoms with E-state index < -0.39 is 0 Å². The van der Waals surface area contributed by atoms with E-state index in [4.69, 9.17) is 5.73 Å². The quantitative estimate of drug-likeness (QED) is 0.775. The molecule has 1 saturated carbocycles. The number of likely N-dealkylation sites (tertiary alicyclic amines) is 1. The summed E-state index contributed by atoms with van der Waals surface area (Å²) in [6, 6.07) is 1.88. The number of nitrogens with two attached hydrogens (primary N) is 1. The highest BCUT2D eigenvalue weighted by Crippen LogP contribution is 2.33. The van der Waals surface area contributed by atoms with Crippen molar-refractivity contribution in [3.63, 3.8) is 0 Å². The summed E-state index contributed by atoms with van der Waals surface area (Å²) in [6.45, 7) is 5.73. The first-order valence-electron chi connectivity index (χ1n) is 6.68. The van der Waals surface area contributed by atoms with Gasteiger partial charge in [-0.1, -0.05) is 25.7 Å². The van der Waals surface area contributed by atoms with Gasteiger partial charge in [0.1, 0.15) is 0 Å². The first-order chi connectivity index (χ1) is 7.16. The van der Waals surface area contributed by atoms with Crippen molar-refractivity contribution < 1.29 is 0 Å². The van der Waals surface area contributed by atoms with Gasteiger partial charge in [0.05, 0.1) is 0 Å². The lowest BCUT2D eigenvalue weighted by Gasteiger charge is -2.29. The topological polar surface area (TPSA) is 29.3 Å². The van der Waals surface area contributed by atoms with E-state index in [2.05, 4.69) is 18.7 Å². The molecule has 2 heteroatoms. The van der Waals surface area contributed by atoms with E-state index in [0.29, 0.717) is 12.1 Å². The molecule has 2 N–H and O–H groups in total. The fourth-order valence-corrected chi connectivity index (χ4v) is 3.47. The predicted molar refractivity (Wildman–Crippen MR) is 64.8 cm³/mol. The van der Waals surface area contributed by atoms with Crippen LogP contribution >= 0.6 is 0 Å². The largest absolute Gasteiger partial charge is 0.326 e. The standard InChI is InChI=1S/C13H26N2/c1-10(2)15-9-12(14)8-13(15)7-11-5-3-4-6-11/h10-13H,3-9,14H2,1-2H3. The Hall–Kier alpha value is -0.0800. The van der Waals surface area contributed by atoms with E-state index in [1.54, 1.807) is 0 Å². The van der Waals surface area contributed by atoms with Crippen LogP contribution in [0.3, 0.4) is 0 Å². The van der Waals surface area contributed by atoms with E-state index in [-0.39, 0.29) is 0 Å². The normalized spacial score (nSPS) is 34.4. The smallest absolute Gasteiger partial charge is 0.0183 e. The zero-order chi connectivity index (χ0) is 10.8. The maximum Gasteiger partial charge on any atom is 0.0183 e. The van der Waals surface area contributed by atoms with Crippen LogP contribution in [0.5, 0.6) is 0 Å². The monoisotopic (exact) mass is 210 g/mol. The van der Waals surface area contributed by atoms with Crippen molar-refractivity contribution in [2.75, 3.05) is 6.54 Å². The SMILES string of the molecule is CC(C)N1CC(N)CC1CC1CCCC1. The zero-order valence-electron chi connectivity index (χ0n) is 10.3. The molecule has 0 amide bonds. The van der Waals surface area contributed by atoms with Crippen molar-refractivity contribution in [2.24, 2.45) is 11.7 Å². The molecule has 15 heavy (non-hydrogen) atoms. The van der Waals surface area contributed by atoms with Crippen molar-refractivity contribution >= 4 is 0 Å². The van der Waals surface area contributed by atoms with Crippen molar-refractivity contribution in [3.05, 3.63) is 0 Å². The van der Waals surface area contributed by atoms with Crippen LogP contribution in [0.25, 0.3) is 0 Å². The molecule has 1 aliphatic heterocycles. The first-order valence-corrected chi connectivity index (χ1v) is 6.68. The summed E-state index contributed by atoms with van der Waals surface area (Å²) in [7, 11) is 0.